The Labute approximate surface area is 209 Å². The van der Waals surface area contributed by atoms with Gasteiger partial charge in [0.1, 0.15) is 22.5 Å². The molecule has 1 aromatic carbocycles. The van der Waals surface area contributed by atoms with Crippen molar-refractivity contribution in [1.82, 2.24) is 29.9 Å². The van der Waals surface area contributed by atoms with Crippen molar-refractivity contribution in [3.63, 3.8) is 0 Å². The highest BCUT2D eigenvalue weighted by molar-refractivity contribution is 7.18. The van der Waals surface area contributed by atoms with Crippen molar-refractivity contribution in [1.29, 1.82) is 0 Å². The average Bonchev–Trinajstić information content (AvgIpc) is 3.52. The second-order valence-corrected chi connectivity index (χ2v) is 10.9. The van der Waals surface area contributed by atoms with E-state index in [0.717, 1.165) is 91.9 Å². The smallest absolute Gasteiger partial charge is 0.225 e. The van der Waals surface area contributed by atoms with Gasteiger partial charge in [-0.1, -0.05) is 30.7 Å². The minimum absolute atomic E-state index is 0.116. The minimum atomic E-state index is 0.116. The lowest BCUT2D eigenvalue weighted by atomic mass is 9.80. The highest BCUT2D eigenvalue weighted by Gasteiger charge is 2.32. The van der Waals surface area contributed by atoms with Crippen molar-refractivity contribution in [3.05, 3.63) is 41.5 Å². The predicted octanol–water partition coefficient (Wildman–Crippen LogP) is 4.15. The van der Waals surface area contributed by atoms with Gasteiger partial charge in [0.05, 0.1) is 10.9 Å². The molecule has 1 amide bonds. The molecule has 1 aliphatic carbocycles. The largest absolute Gasteiger partial charge is 0.352 e. The number of amides is 1. The zero-order valence-corrected chi connectivity index (χ0v) is 21.0. The number of aryl methyl sites for hydroxylation is 1. The number of hydrogen-bond donors (Lipinski definition) is 0. The van der Waals surface area contributed by atoms with Gasteiger partial charge in [0, 0.05) is 43.5 Å². The molecule has 4 heterocycles. The summed E-state index contributed by atoms with van der Waals surface area (Å²) < 4.78 is 2.02. The van der Waals surface area contributed by atoms with Gasteiger partial charge in [0.15, 0.2) is 0 Å². The van der Waals surface area contributed by atoms with E-state index >= 15 is 0 Å². The van der Waals surface area contributed by atoms with E-state index in [9.17, 15) is 4.79 Å². The van der Waals surface area contributed by atoms with Crippen LogP contribution in [0.3, 0.4) is 0 Å². The zero-order chi connectivity index (χ0) is 23.8. The van der Waals surface area contributed by atoms with Crippen LogP contribution in [0.15, 0.2) is 36.7 Å². The number of thiophene rings is 1. The number of aromatic nitrogens is 5. The van der Waals surface area contributed by atoms with Gasteiger partial charge in [-0.05, 0) is 49.8 Å². The summed E-state index contributed by atoms with van der Waals surface area (Å²) in [6, 6.07) is 10.3. The molecule has 182 valence electrons. The molecule has 2 unspecified atom stereocenters. The lowest BCUT2D eigenvalue weighted by Gasteiger charge is -2.38. The van der Waals surface area contributed by atoms with Crippen molar-refractivity contribution in [2.75, 3.05) is 31.1 Å². The second kappa shape index (κ2) is 9.53. The standard InChI is InChI=1S/C26H31N7OS/c1-2-20-15-21-24(27-17-28-25(21)35-20)31-10-12-32(13-11-31)26(34)19-7-5-6-18(14-19)16-33-23-9-4-3-8-22(23)29-30-33/h3-4,8-9,15,17-19H,2,5-7,10-14,16H2,1H3. The lowest BCUT2D eigenvalue weighted by Crippen LogP contribution is -2.51. The summed E-state index contributed by atoms with van der Waals surface area (Å²) in [5.41, 5.74) is 2.01. The van der Waals surface area contributed by atoms with Crippen LogP contribution >= 0.6 is 11.3 Å². The molecule has 35 heavy (non-hydrogen) atoms. The molecule has 6 rings (SSSR count). The van der Waals surface area contributed by atoms with Crippen LogP contribution in [0.2, 0.25) is 0 Å². The molecule has 2 atom stereocenters. The van der Waals surface area contributed by atoms with Crippen LogP contribution in [0.25, 0.3) is 21.3 Å². The first-order valence-corrected chi connectivity index (χ1v) is 13.6. The molecule has 8 nitrogen and oxygen atoms in total. The third kappa shape index (κ3) is 4.37. The summed E-state index contributed by atoms with van der Waals surface area (Å²) in [6.45, 7) is 6.15. The number of piperazine rings is 1. The van der Waals surface area contributed by atoms with Crippen molar-refractivity contribution in [2.45, 2.75) is 45.6 Å². The highest BCUT2D eigenvalue weighted by atomic mass is 32.1. The molecule has 1 saturated heterocycles. The number of para-hydroxylation sites is 1. The molecule has 4 aromatic rings. The van der Waals surface area contributed by atoms with E-state index in [1.54, 1.807) is 17.7 Å². The Bertz CT molecular complexity index is 1340. The first-order valence-electron chi connectivity index (χ1n) is 12.7. The summed E-state index contributed by atoms with van der Waals surface area (Å²) in [5, 5.41) is 9.81. The van der Waals surface area contributed by atoms with Crippen molar-refractivity contribution < 1.29 is 4.79 Å². The number of benzene rings is 1. The topological polar surface area (TPSA) is 80.0 Å². The van der Waals surface area contributed by atoms with Crippen molar-refractivity contribution in [3.8, 4) is 0 Å². The molecular formula is C26H31N7OS. The molecule has 0 bridgehead atoms. The van der Waals surface area contributed by atoms with Crippen LogP contribution in [0.4, 0.5) is 5.82 Å². The van der Waals surface area contributed by atoms with Crippen LogP contribution in [0.5, 0.6) is 0 Å². The van der Waals surface area contributed by atoms with E-state index in [1.807, 2.05) is 22.9 Å². The molecule has 1 aliphatic heterocycles. The number of nitrogens with zero attached hydrogens (tertiary/aromatic N) is 7. The number of anilines is 1. The summed E-state index contributed by atoms with van der Waals surface area (Å²) in [4.78, 5) is 29.3. The van der Waals surface area contributed by atoms with Gasteiger partial charge in [-0.15, -0.1) is 16.4 Å². The van der Waals surface area contributed by atoms with Gasteiger partial charge in [-0.25, -0.2) is 14.6 Å². The lowest BCUT2D eigenvalue weighted by molar-refractivity contribution is -0.137. The summed E-state index contributed by atoms with van der Waals surface area (Å²) in [6.07, 6.45) is 6.87. The minimum Gasteiger partial charge on any atom is -0.352 e. The average molecular weight is 490 g/mol. The fourth-order valence-corrected chi connectivity index (χ4v) is 6.62. The van der Waals surface area contributed by atoms with Gasteiger partial charge in [-0.3, -0.25) is 4.79 Å². The van der Waals surface area contributed by atoms with E-state index < -0.39 is 0 Å². The van der Waals surface area contributed by atoms with E-state index in [4.69, 9.17) is 0 Å². The fourth-order valence-electron chi connectivity index (χ4n) is 5.69. The summed E-state index contributed by atoms with van der Waals surface area (Å²) >= 11 is 1.75. The third-order valence-electron chi connectivity index (χ3n) is 7.58. The molecule has 3 aromatic heterocycles. The molecule has 0 N–H and O–H groups in total. The highest BCUT2D eigenvalue weighted by Crippen LogP contribution is 2.33. The normalized spacial score (nSPS) is 21.2. The summed E-state index contributed by atoms with van der Waals surface area (Å²) in [7, 11) is 0. The number of fused-ring (bicyclic) bond motifs is 2. The fraction of sp³-hybridized carbons (Fsp3) is 0.500. The first-order chi connectivity index (χ1) is 17.2. The molecule has 1 saturated carbocycles. The maximum absolute atomic E-state index is 13.5. The van der Waals surface area contributed by atoms with Crippen LogP contribution in [-0.2, 0) is 17.8 Å². The maximum Gasteiger partial charge on any atom is 0.225 e. The first kappa shape index (κ1) is 22.4. The Balaban J connectivity index is 1.08. The second-order valence-electron chi connectivity index (χ2n) is 9.78. The Morgan fingerprint density at radius 1 is 1.11 bits per heavy atom. The van der Waals surface area contributed by atoms with E-state index in [2.05, 4.69) is 49.1 Å². The predicted molar refractivity (Wildman–Crippen MR) is 139 cm³/mol. The van der Waals surface area contributed by atoms with Crippen molar-refractivity contribution in [2.24, 2.45) is 11.8 Å². The Morgan fingerprint density at radius 3 is 2.83 bits per heavy atom. The molecule has 2 aliphatic rings. The Hall–Kier alpha value is -3.07. The van der Waals surface area contributed by atoms with Gasteiger partial charge < -0.3 is 9.80 Å². The van der Waals surface area contributed by atoms with Crippen LogP contribution in [0, 0.1) is 11.8 Å². The molecule has 9 heteroatoms. The van der Waals surface area contributed by atoms with Crippen molar-refractivity contribution >= 4 is 44.3 Å². The number of carbonyl (C=O) groups is 1. The number of rotatable bonds is 5. The molecule has 0 spiro atoms. The van der Waals surface area contributed by atoms with Gasteiger partial charge in [0.25, 0.3) is 0 Å². The van der Waals surface area contributed by atoms with E-state index in [-0.39, 0.29) is 5.92 Å². The maximum atomic E-state index is 13.5. The quantitative estimate of drug-likeness (QED) is 0.419. The van der Waals surface area contributed by atoms with Crippen LogP contribution in [-0.4, -0.2) is 61.9 Å². The molecular weight excluding hydrogens is 458 g/mol. The van der Waals surface area contributed by atoms with E-state index in [1.165, 1.54) is 4.88 Å². The van der Waals surface area contributed by atoms with E-state index in [0.29, 0.717) is 11.8 Å². The number of carbonyl (C=O) groups excluding carboxylic acids is 1. The van der Waals surface area contributed by atoms with Gasteiger partial charge in [-0.2, -0.15) is 0 Å². The SMILES string of the molecule is CCc1cc2c(N3CCN(C(=O)C4CCCC(Cn5nnc6ccccc65)C4)CC3)ncnc2s1. The summed E-state index contributed by atoms with van der Waals surface area (Å²) in [5.74, 6) is 1.92. The van der Waals surface area contributed by atoms with Crippen LogP contribution < -0.4 is 4.90 Å². The van der Waals surface area contributed by atoms with Crippen LogP contribution in [0.1, 0.15) is 37.5 Å². The van der Waals surface area contributed by atoms with Gasteiger partial charge in [0.2, 0.25) is 5.91 Å². The molecule has 2 fully saturated rings. The zero-order valence-electron chi connectivity index (χ0n) is 20.1. The third-order valence-corrected chi connectivity index (χ3v) is 8.77. The monoisotopic (exact) mass is 489 g/mol. The Kier molecular flexibility index (Phi) is 6.10. The Morgan fingerprint density at radius 2 is 1.97 bits per heavy atom. The van der Waals surface area contributed by atoms with Gasteiger partial charge >= 0.3 is 0 Å². The number of hydrogen-bond acceptors (Lipinski definition) is 7. The molecule has 0 radical (unpaired) electrons.